The summed E-state index contributed by atoms with van der Waals surface area (Å²) in [5, 5.41) is 3.84. The van der Waals surface area contributed by atoms with E-state index in [0.717, 1.165) is 36.3 Å². The van der Waals surface area contributed by atoms with Gasteiger partial charge in [-0.3, -0.25) is 0 Å². The predicted molar refractivity (Wildman–Crippen MR) is 181 cm³/mol. The van der Waals surface area contributed by atoms with Gasteiger partial charge in [0.15, 0.2) is 0 Å². The van der Waals surface area contributed by atoms with Crippen molar-refractivity contribution in [2.45, 2.75) is 26.2 Å². The van der Waals surface area contributed by atoms with Crippen molar-refractivity contribution in [3.05, 3.63) is 151 Å². The fraction of sp³-hybridized carbons (Fsp3) is 0.103. The first kappa shape index (κ1) is 25.4. The number of fused-ring (bicyclic) bond motifs is 7. The number of allylic oxidation sites excluding steroid dienone is 7. The summed E-state index contributed by atoms with van der Waals surface area (Å²) in [5.41, 5.74) is 10.7. The summed E-state index contributed by atoms with van der Waals surface area (Å²) in [6, 6.07) is 32.4. The van der Waals surface area contributed by atoms with Crippen LogP contribution in [0.3, 0.4) is 0 Å². The third kappa shape index (κ3) is 4.26. The smallest absolute Gasteiger partial charge is 0.136 e. The SMILES string of the molecule is CC/C(=C\C(=C/Cc1cn2ccccc2n1)n1c2c(c3ccccc31)C=CC=CC2)n1c2ccccc2c2ccccc21. The maximum absolute atomic E-state index is 4.92. The van der Waals surface area contributed by atoms with E-state index in [0.29, 0.717) is 0 Å². The Labute approximate surface area is 250 Å². The molecule has 8 rings (SSSR count). The van der Waals surface area contributed by atoms with Crippen molar-refractivity contribution in [3.63, 3.8) is 0 Å². The second kappa shape index (κ2) is 10.5. The molecular formula is C39H32N4. The van der Waals surface area contributed by atoms with Gasteiger partial charge in [-0.05, 0) is 42.8 Å². The highest BCUT2D eigenvalue weighted by molar-refractivity contribution is 6.10. The molecular weight excluding hydrogens is 524 g/mol. The van der Waals surface area contributed by atoms with Crippen molar-refractivity contribution in [2.75, 3.05) is 0 Å². The van der Waals surface area contributed by atoms with Gasteiger partial charge in [0.2, 0.25) is 0 Å². The van der Waals surface area contributed by atoms with Gasteiger partial charge in [-0.25, -0.2) is 4.98 Å². The van der Waals surface area contributed by atoms with Gasteiger partial charge in [-0.2, -0.15) is 0 Å². The van der Waals surface area contributed by atoms with Crippen LogP contribution in [0.5, 0.6) is 0 Å². The van der Waals surface area contributed by atoms with E-state index >= 15 is 0 Å². The van der Waals surface area contributed by atoms with Crippen LogP contribution in [-0.4, -0.2) is 18.5 Å². The summed E-state index contributed by atoms with van der Waals surface area (Å²) in [4.78, 5) is 4.92. The van der Waals surface area contributed by atoms with E-state index in [2.05, 4.69) is 148 Å². The van der Waals surface area contributed by atoms with Crippen LogP contribution in [0.2, 0.25) is 0 Å². The fourth-order valence-corrected chi connectivity index (χ4v) is 6.65. The molecule has 3 aromatic carbocycles. The number of imidazole rings is 1. The number of aromatic nitrogens is 4. The first-order chi connectivity index (χ1) is 21.3. The molecule has 0 saturated carbocycles. The molecule has 0 aliphatic heterocycles. The van der Waals surface area contributed by atoms with Crippen molar-refractivity contribution in [1.29, 1.82) is 0 Å². The minimum absolute atomic E-state index is 0.727. The summed E-state index contributed by atoms with van der Waals surface area (Å²) in [5.74, 6) is 0. The Kier molecular flexibility index (Phi) is 6.19. The molecule has 4 heterocycles. The third-order valence-electron chi connectivity index (χ3n) is 8.57. The first-order valence-corrected chi connectivity index (χ1v) is 15.1. The molecule has 0 N–H and O–H groups in total. The average molecular weight is 557 g/mol. The number of para-hydroxylation sites is 3. The van der Waals surface area contributed by atoms with Crippen molar-refractivity contribution in [3.8, 4) is 0 Å². The molecule has 0 atom stereocenters. The minimum Gasteiger partial charge on any atom is -0.313 e. The average Bonchev–Trinajstić information content (AvgIpc) is 3.65. The lowest BCUT2D eigenvalue weighted by atomic mass is 10.1. The molecule has 7 aromatic rings. The number of rotatable bonds is 6. The van der Waals surface area contributed by atoms with Crippen LogP contribution < -0.4 is 0 Å². The molecule has 208 valence electrons. The molecule has 4 heteroatoms. The number of benzene rings is 3. The zero-order valence-electron chi connectivity index (χ0n) is 24.2. The molecule has 0 saturated heterocycles. The Morgan fingerprint density at radius 2 is 1.44 bits per heavy atom. The second-order valence-corrected chi connectivity index (χ2v) is 11.1. The lowest BCUT2D eigenvalue weighted by Gasteiger charge is -2.16. The maximum Gasteiger partial charge on any atom is 0.136 e. The molecule has 0 unspecified atom stereocenters. The quantitative estimate of drug-likeness (QED) is 0.187. The molecule has 0 amide bonds. The van der Waals surface area contributed by atoms with E-state index in [4.69, 9.17) is 4.98 Å². The van der Waals surface area contributed by atoms with E-state index in [1.54, 1.807) is 0 Å². The van der Waals surface area contributed by atoms with Gasteiger partial charge in [0.05, 0.1) is 22.2 Å². The summed E-state index contributed by atoms with van der Waals surface area (Å²) in [6.07, 6.45) is 20.3. The zero-order chi connectivity index (χ0) is 28.8. The van der Waals surface area contributed by atoms with Crippen LogP contribution in [0, 0.1) is 0 Å². The molecule has 4 aromatic heterocycles. The monoisotopic (exact) mass is 556 g/mol. The number of pyridine rings is 1. The summed E-state index contributed by atoms with van der Waals surface area (Å²) < 4.78 is 7.03. The summed E-state index contributed by atoms with van der Waals surface area (Å²) in [6.45, 7) is 2.26. The van der Waals surface area contributed by atoms with E-state index < -0.39 is 0 Å². The van der Waals surface area contributed by atoms with Crippen LogP contribution in [0.4, 0.5) is 0 Å². The molecule has 0 bridgehead atoms. The Morgan fingerprint density at radius 3 is 2.16 bits per heavy atom. The molecule has 4 nitrogen and oxygen atoms in total. The standard InChI is InChI=1S/C39H32N4/c1-2-29(42-35-19-9-6-15-32(35)33-16-7-10-20-36(33)42)26-30(24-23-28-27-41-25-13-12-22-39(41)40-28)43-37-18-5-3-4-14-31(37)34-17-8-11-21-38(34)43/h3-17,19-22,24-27H,2,18,23H2,1H3/b29-26+,30-24+. The fourth-order valence-electron chi connectivity index (χ4n) is 6.65. The van der Waals surface area contributed by atoms with E-state index in [-0.39, 0.29) is 0 Å². The number of hydrogen-bond acceptors (Lipinski definition) is 1. The predicted octanol–water partition coefficient (Wildman–Crippen LogP) is 9.56. The van der Waals surface area contributed by atoms with E-state index in [9.17, 15) is 0 Å². The molecule has 43 heavy (non-hydrogen) atoms. The Hall–Kier alpha value is -5.35. The second-order valence-electron chi connectivity index (χ2n) is 11.1. The highest BCUT2D eigenvalue weighted by atomic mass is 15.0. The van der Waals surface area contributed by atoms with Crippen molar-refractivity contribution in [2.24, 2.45) is 0 Å². The Bertz CT molecular complexity index is 2190. The topological polar surface area (TPSA) is 27.2 Å². The highest BCUT2D eigenvalue weighted by Crippen LogP contribution is 2.36. The Morgan fingerprint density at radius 1 is 0.767 bits per heavy atom. The van der Waals surface area contributed by atoms with Crippen LogP contribution in [0.25, 0.3) is 55.8 Å². The molecule has 0 radical (unpaired) electrons. The van der Waals surface area contributed by atoms with Gasteiger partial charge in [0, 0.05) is 64.0 Å². The third-order valence-corrected chi connectivity index (χ3v) is 8.57. The van der Waals surface area contributed by atoms with E-state index in [1.807, 2.05) is 12.1 Å². The van der Waals surface area contributed by atoms with Gasteiger partial charge in [-0.1, -0.05) is 98.0 Å². The zero-order valence-corrected chi connectivity index (χ0v) is 24.2. The van der Waals surface area contributed by atoms with Gasteiger partial charge in [0.1, 0.15) is 5.65 Å². The number of nitrogens with zero attached hydrogens (tertiary/aromatic N) is 4. The molecule has 1 aliphatic carbocycles. The Balaban J connectivity index is 1.38. The normalized spacial score (nSPS) is 13.9. The lowest BCUT2D eigenvalue weighted by molar-refractivity contribution is 1.01. The maximum atomic E-state index is 4.92. The van der Waals surface area contributed by atoms with E-state index in [1.165, 1.54) is 49.7 Å². The van der Waals surface area contributed by atoms with Crippen molar-refractivity contribution in [1.82, 2.24) is 18.5 Å². The largest absolute Gasteiger partial charge is 0.313 e. The molecule has 1 aliphatic rings. The van der Waals surface area contributed by atoms with Crippen LogP contribution in [0.1, 0.15) is 30.3 Å². The van der Waals surface area contributed by atoms with Crippen LogP contribution >= 0.6 is 0 Å². The summed E-state index contributed by atoms with van der Waals surface area (Å²) >= 11 is 0. The van der Waals surface area contributed by atoms with Crippen molar-refractivity contribution < 1.29 is 0 Å². The van der Waals surface area contributed by atoms with Gasteiger partial charge in [0.25, 0.3) is 0 Å². The van der Waals surface area contributed by atoms with Crippen LogP contribution in [0.15, 0.2) is 134 Å². The van der Waals surface area contributed by atoms with Crippen LogP contribution in [-0.2, 0) is 12.8 Å². The summed E-state index contributed by atoms with van der Waals surface area (Å²) in [7, 11) is 0. The van der Waals surface area contributed by atoms with Crippen molar-refractivity contribution >= 4 is 55.8 Å². The van der Waals surface area contributed by atoms with Gasteiger partial charge >= 0.3 is 0 Å². The van der Waals surface area contributed by atoms with Gasteiger partial charge in [-0.15, -0.1) is 0 Å². The first-order valence-electron chi connectivity index (χ1n) is 15.1. The molecule has 0 fully saturated rings. The molecule has 0 spiro atoms. The number of hydrogen-bond donors (Lipinski definition) is 0. The minimum atomic E-state index is 0.727. The lowest BCUT2D eigenvalue weighted by Crippen LogP contribution is -2.04. The highest BCUT2D eigenvalue weighted by Gasteiger charge is 2.19. The van der Waals surface area contributed by atoms with Gasteiger partial charge < -0.3 is 13.5 Å².